The van der Waals surface area contributed by atoms with Gasteiger partial charge in [-0.3, -0.25) is 0 Å². The predicted molar refractivity (Wildman–Crippen MR) is 73.1 cm³/mol. The minimum Gasteiger partial charge on any atom is -0.106 e. The molecule has 0 atom stereocenters. The van der Waals surface area contributed by atoms with Crippen molar-refractivity contribution in [1.29, 1.82) is 0 Å². The van der Waals surface area contributed by atoms with Gasteiger partial charge in [-0.1, -0.05) is 72.8 Å². The fourth-order valence-electron chi connectivity index (χ4n) is 1.32. The summed E-state index contributed by atoms with van der Waals surface area (Å²) in [5, 5.41) is 0. The fourth-order valence-corrected chi connectivity index (χ4v) is 1.32. The first-order valence-corrected chi connectivity index (χ1v) is 5.23. The van der Waals surface area contributed by atoms with Crippen molar-refractivity contribution in [2.75, 3.05) is 0 Å². The van der Waals surface area contributed by atoms with Crippen molar-refractivity contribution in [3.05, 3.63) is 84.9 Å². The van der Waals surface area contributed by atoms with Crippen LogP contribution in [0.5, 0.6) is 0 Å². The highest BCUT2D eigenvalue weighted by Crippen LogP contribution is 2.06. The summed E-state index contributed by atoms with van der Waals surface area (Å²) in [6.45, 7) is 6.00. The molecular formula is C16H16. The van der Waals surface area contributed by atoms with E-state index >= 15 is 0 Å². The summed E-state index contributed by atoms with van der Waals surface area (Å²) in [4.78, 5) is 0. The summed E-state index contributed by atoms with van der Waals surface area (Å²) in [6.07, 6.45) is 4.24. The Morgan fingerprint density at radius 3 is 1.19 bits per heavy atom. The average molecular weight is 208 g/mol. The van der Waals surface area contributed by atoms with Crippen molar-refractivity contribution < 1.29 is 0 Å². The normalized spacial score (nSPS) is 9.50. The molecule has 0 aromatic heterocycles. The second-order valence-corrected chi connectivity index (χ2v) is 3.15. The number of hydrogen-bond acceptors (Lipinski definition) is 0. The SMILES string of the molecule is C(=Cc1ccccc1)c1ccccc1.C=C. The van der Waals surface area contributed by atoms with Gasteiger partial charge in [0.1, 0.15) is 0 Å². The van der Waals surface area contributed by atoms with Gasteiger partial charge in [-0.2, -0.15) is 0 Å². The molecule has 2 aromatic carbocycles. The molecule has 0 spiro atoms. The summed E-state index contributed by atoms with van der Waals surface area (Å²) >= 11 is 0. The average Bonchev–Trinajstić information content (AvgIpc) is 2.41. The molecule has 0 radical (unpaired) electrons. The molecule has 0 bridgehead atoms. The van der Waals surface area contributed by atoms with Crippen LogP contribution in [-0.2, 0) is 0 Å². The van der Waals surface area contributed by atoms with E-state index in [0.717, 1.165) is 0 Å². The highest BCUT2D eigenvalue weighted by molar-refractivity contribution is 5.69. The highest BCUT2D eigenvalue weighted by atomic mass is 13.9. The Balaban J connectivity index is 0.000000606. The zero-order chi connectivity index (χ0) is 11.6. The van der Waals surface area contributed by atoms with Crippen LogP contribution in [0.3, 0.4) is 0 Å². The van der Waals surface area contributed by atoms with E-state index in [1.807, 2.05) is 36.4 Å². The van der Waals surface area contributed by atoms with Crippen LogP contribution in [0.1, 0.15) is 11.1 Å². The molecule has 16 heavy (non-hydrogen) atoms. The third-order valence-electron chi connectivity index (χ3n) is 2.07. The van der Waals surface area contributed by atoms with Gasteiger partial charge in [-0.05, 0) is 11.1 Å². The van der Waals surface area contributed by atoms with Crippen LogP contribution in [0.15, 0.2) is 73.8 Å². The van der Waals surface area contributed by atoms with E-state index in [1.165, 1.54) is 11.1 Å². The molecule has 0 unspecified atom stereocenters. The second kappa shape index (κ2) is 7.24. The first-order chi connectivity index (χ1) is 7.95. The van der Waals surface area contributed by atoms with Gasteiger partial charge in [-0.25, -0.2) is 0 Å². The summed E-state index contributed by atoms with van der Waals surface area (Å²) < 4.78 is 0. The fraction of sp³-hybridized carbons (Fsp3) is 0. The molecule has 0 nitrogen and oxygen atoms in total. The van der Waals surface area contributed by atoms with Gasteiger partial charge >= 0.3 is 0 Å². The Labute approximate surface area is 97.6 Å². The molecule has 0 heteroatoms. The van der Waals surface area contributed by atoms with Crippen molar-refractivity contribution >= 4 is 12.2 Å². The lowest BCUT2D eigenvalue weighted by Crippen LogP contribution is -1.70. The standard InChI is InChI=1S/C14H12.C2H4/c1-3-7-13(8-4-1)11-12-14-9-5-2-6-10-14;1-2/h1-12H;1-2H2. The van der Waals surface area contributed by atoms with E-state index < -0.39 is 0 Å². The van der Waals surface area contributed by atoms with Gasteiger partial charge in [-0.15, -0.1) is 13.2 Å². The number of rotatable bonds is 2. The number of hydrogen-bond donors (Lipinski definition) is 0. The molecule has 0 saturated heterocycles. The van der Waals surface area contributed by atoms with Crippen LogP contribution in [0.2, 0.25) is 0 Å². The molecule has 2 rings (SSSR count). The van der Waals surface area contributed by atoms with Gasteiger partial charge < -0.3 is 0 Å². The highest BCUT2D eigenvalue weighted by Gasteiger charge is 1.84. The first-order valence-electron chi connectivity index (χ1n) is 5.23. The predicted octanol–water partition coefficient (Wildman–Crippen LogP) is 4.66. The third-order valence-corrected chi connectivity index (χ3v) is 2.07. The lowest BCUT2D eigenvalue weighted by molar-refractivity contribution is 1.65. The maximum Gasteiger partial charge on any atom is -0.0256 e. The van der Waals surface area contributed by atoms with Crippen LogP contribution < -0.4 is 0 Å². The lowest BCUT2D eigenvalue weighted by Gasteiger charge is -1.92. The lowest BCUT2D eigenvalue weighted by atomic mass is 10.1. The van der Waals surface area contributed by atoms with E-state index in [-0.39, 0.29) is 0 Å². The summed E-state index contributed by atoms with van der Waals surface area (Å²) in [6, 6.07) is 20.6. The zero-order valence-corrected chi connectivity index (χ0v) is 9.34. The summed E-state index contributed by atoms with van der Waals surface area (Å²) in [7, 11) is 0. The second-order valence-electron chi connectivity index (χ2n) is 3.15. The van der Waals surface area contributed by atoms with Crippen LogP contribution in [0.25, 0.3) is 12.2 Å². The molecule has 0 aliphatic carbocycles. The van der Waals surface area contributed by atoms with Crippen LogP contribution in [-0.4, -0.2) is 0 Å². The van der Waals surface area contributed by atoms with Crippen molar-refractivity contribution in [1.82, 2.24) is 0 Å². The Morgan fingerprint density at radius 2 is 0.875 bits per heavy atom. The summed E-state index contributed by atoms with van der Waals surface area (Å²) in [5.41, 5.74) is 2.47. The van der Waals surface area contributed by atoms with Crippen LogP contribution in [0.4, 0.5) is 0 Å². The molecule has 0 aliphatic rings. The maximum absolute atomic E-state index is 3.00. The van der Waals surface area contributed by atoms with E-state index in [2.05, 4.69) is 49.6 Å². The molecule has 0 amide bonds. The molecular weight excluding hydrogens is 192 g/mol. The Kier molecular flexibility index (Phi) is 5.43. The third kappa shape index (κ3) is 3.97. The minimum absolute atomic E-state index is 1.23. The number of benzene rings is 2. The Hall–Kier alpha value is -2.08. The molecule has 80 valence electrons. The van der Waals surface area contributed by atoms with Crippen molar-refractivity contribution in [3.63, 3.8) is 0 Å². The monoisotopic (exact) mass is 208 g/mol. The van der Waals surface area contributed by atoms with E-state index in [9.17, 15) is 0 Å². The van der Waals surface area contributed by atoms with Crippen molar-refractivity contribution in [2.24, 2.45) is 0 Å². The molecule has 0 saturated carbocycles. The zero-order valence-electron chi connectivity index (χ0n) is 9.34. The smallest absolute Gasteiger partial charge is 0.0256 e. The molecule has 0 N–H and O–H groups in total. The van der Waals surface area contributed by atoms with Crippen molar-refractivity contribution in [2.45, 2.75) is 0 Å². The van der Waals surface area contributed by atoms with E-state index in [0.29, 0.717) is 0 Å². The Morgan fingerprint density at radius 1 is 0.562 bits per heavy atom. The van der Waals surface area contributed by atoms with Crippen LogP contribution in [0, 0.1) is 0 Å². The van der Waals surface area contributed by atoms with Gasteiger partial charge in [0.15, 0.2) is 0 Å². The van der Waals surface area contributed by atoms with Gasteiger partial charge in [0.2, 0.25) is 0 Å². The Bertz CT molecular complexity index is 371. The largest absolute Gasteiger partial charge is 0.106 e. The molecule has 0 aliphatic heterocycles. The topological polar surface area (TPSA) is 0 Å². The van der Waals surface area contributed by atoms with Gasteiger partial charge in [0.05, 0.1) is 0 Å². The molecule has 0 heterocycles. The van der Waals surface area contributed by atoms with E-state index in [4.69, 9.17) is 0 Å². The maximum atomic E-state index is 3.00. The quantitative estimate of drug-likeness (QED) is 0.497. The van der Waals surface area contributed by atoms with Gasteiger partial charge in [0.25, 0.3) is 0 Å². The minimum atomic E-state index is 1.23. The summed E-state index contributed by atoms with van der Waals surface area (Å²) in [5.74, 6) is 0. The molecule has 2 aromatic rings. The van der Waals surface area contributed by atoms with Crippen LogP contribution >= 0.6 is 0 Å². The molecule has 0 fully saturated rings. The van der Waals surface area contributed by atoms with Crippen molar-refractivity contribution in [3.8, 4) is 0 Å². The van der Waals surface area contributed by atoms with E-state index in [1.54, 1.807) is 0 Å². The van der Waals surface area contributed by atoms with Gasteiger partial charge in [0, 0.05) is 0 Å². The first kappa shape index (κ1) is 12.0.